The second-order valence-corrected chi connectivity index (χ2v) is 7.79. The van der Waals surface area contributed by atoms with Gasteiger partial charge in [0.05, 0.1) is 17.9 Å². The molecular weight excluding hydrogens is 366 g/mol. The van der Waals surface area contributed by atoms with Gasteiger partial charge in [0, 0.05) is 23.7 Å². The van der Waals surface area contributed by atoms with Gasteiger partial charge < -0.3 is 14.6 Å². The maximum Gasteiger partial charge on any atom is 0.290 e. The van der Waals surface area contributed by atoms with Gasteiger partial charge in [-0.25, -0.2) is 0 Å². The van der Waals surface area contributed by atoms with Crippen LogP contribution in [-0.4, -0.2) is 28.7 Å². The van der Waals surface area contributed by atoms with Crippen LogP contribution in [0.1, 0.15) is 45.8 Å². The zero-order chi connectivity index (χ0) is 19.8. The van der Waals surface area contributed by atoms with Crippen molar-refractivity contribution in [1.82, 2.24) is 15.5 Å². The Bertz CT molecular complexity index is 1070. The van der Waals surface area contributed by atoms with Crippen LogP contribution in [0.5, 0.6) is 5.75 Å². The molecular formula is C23H23N3O3. The highest BCUT2D eigenvalue weighted by atomic mass is 16.5. The van der Waals surface area contributed by atoms with Gasteiger partial charge in [-0.05, 0) is 68.0 Å². The quantitative estimate of drug-likeness (QED) is 0.737. The second kappa shape index (κ2) is 7.35. The van der Waals surface area contributed by atoms with Crippen LogP contribution < -0.4 is 10.1 Å². The number of benzene rings is 1. The average molecular weight is 389 g/mol. The Morgan fingerprint density at radius 3 is 3.03 bits per heavy atom. The van der Waals surface area contributed by atoms with Gasteiger partial charge in [0.1, 0.15) is 11.9 Å². The summed E-state index contributed by atoms with van der Waals surface area (Å²) in [5, 5.41) is 7.02. The molecule has 1 atom stereocenters. The Kier molecular flexibility index (Phi) is 4.54. The zero-order valence-corrected chi connectivity index (χ0v) is 16.4. The molecule has 0 bridgehead atoms. The van der Waals surface area contributed by atoms with Gasteiger partial charge in [-0.1, -0.05) is 11.2 Å². The van der Waals surface area contributed by atoms with E-state index in [0.717, 1.165) is 71.5 Å². The monoisotopic (exact) mass is 389 g/mol. The van der Waals surface area contributed by atoms with Crippen molar-refractivity contribution in [1.29, 1.82) is 0 Å². The first-order chi connectivity index (χ1) is 14.2. The van der Waals surface area contributed by atoms with Gasteiger partial charge in [0.25, 0.3) is 5.91 Å². The molecule has 5 rings (SSSR count). The highest BCUT2D eigenvalue weighted by Crippen LogP contribution is 2.33. The van der Waals surface area contributed by atoms with Crippen LogP contribution in [-0.2, 0) is 19.3 Å². The summed E-state index contributed by atoms with van der Waals surface area (Å²) in [7, 11) is 0. The number of carbonyl (C=O) groups is 1. The second-order valence-electron chi connectivity index (χ2n) is 7.79. The summed E-state index contributed by atoms with van der Waals surface area (Å²) in [6.45, 7) is 2.49. The normalized spacial score (nSPS) is 17.3. The zero-order valence-electron chi connectivity index (χ0n) is 16.4. The van der Waals surface area contributed by atoms with Gasteiger partial charge >= 0.3 is 0 Å². The number of aryl methyl sites for hydroxylation is 2. The molecule has 0 saturated heterocycles. The first-order valence-corrected chi connectivity index (χ1v) is 10.2. The first kappa shape index (κ1) is 17.9. The minimum absolute atomic E-state index is 0.0900. The van der Waals surface area contributed by atoms with Crippen molar-refractivity contribution >= 4 is 5.91 Å². The lowest BCUT2D eigenvalue weighted by atomic mass is 9.96. The molecule has 2 aromatic heterocycles. The van der Waals surface area contributed by atoms with Gasteiger partial charge in [0.15, 0.2) is 0 Å². The number of carbonyl (C=O) groups excluding carboxylic acids is 1. The summed E-state index contributed by atoms with van der Waals surface area (Å²) < 4.78 is 11.3. The Balaban J connectivity index is 1.25. The van der Waals surface area contributed by atoms with Gasteiger partial charge in [-0.3, -0.25) is 9.78 Å². The van der Waals surface area contributed by atoms with E-state index in [2.05, 4.69) is 34.5 Å². The molecule has 1 aliphatic heterocycles. The van der Waals surface area contributed by atoms with Crippen LogP contribution in [0.2, 0.25) is 0 Å². The van der Waals surface area contributed by atoms with E-state index in [0.29, 0.717) is 12.3 Å². The number of nitrogens with one attached hydrogen (secondary N) is 1. The third-order valence-corrected chi connectivity index (χ3v) is 5.74. The number of fused-ring (bicyclic) bond motifs is 2. The molecule has 1 aliphatic carbocycles. The number of ether oxygens (including phenoxy) is 1. The summed E-state index contributed by atoms with van der Waals surface area (Å²) in [6.07, 6.45) is 6.42. The molecule has 6 nitrogen and oxygen atoms in total. The fourth-order valence-electron chi connectivity index (χ4n) is 4.23. The van der Waals surface area contributed by atoms with Crippen molar-refractivity contribution in [2.75, 3.05) is 6.54 Å². The molecule has 0 fully saturated rings. The molecule has 0 radical (unpaired) electrons. The van der Waals surface area contributed by atoms with Gasteiger partial charge in [-0.15, -0.1) is 0 Å². The largest absolute Gasteiger partial charge is 0.488 e. The van der Waals surface area contributed by atoms with E-state index in [9.17, 15) is 4.79 Å². The summed E-state index contributed by atoms with van der Waals surface area (Å²) in [4.78, 5) is 17.1. The minimum Gasteiger partial charge on any atom is -0.488 e. The van der Waals surface area contributed by atoms with Crippen molar-refractivity contribution in [2.45, 2.75) is 45.1 Å². The Labute approximate surface area is 169 Å². The third-order valence-electron chi connectivity index (χ3n) is 5.74. The van der Waals surface area contributed by atoms with Crippen LogP contribution >= 0.6 is 0 Å². The molecule has 0 unspecified atom stereocenters. The molecule has 3 aromatic rings. The fourth-order valence-corrected chi connectivity index (χ4v) is 4.23. The Hall–Kier alpha value is -3.15. The summed E-state index contributed by atoms with van der Waals surface area (Å²) in [5.74, 6) is 1.03. The lowest BCUT2D eigenvalue weighted by Crippen LogP contribution is -2.34. The van der Waals surface area contributed by atoms with Crippen molar-refractivity contribution in [3.05, 3.63) is 64.7 Å². The van der Waals surface area contributed by atoms with E-state index >= 15 is 0 Å². The minimum atomic E-state index is -0.204. The van der Waals surface area contributed by atoms with Crippen LogP contribution in [0.3, 0.4) is 0 Å². The number of rotatable bonds is 4. The van der Waals surface area contributed by atoms with Crippen LogP contribution in [0, 0.1) is 6.92 Å². The average Bonchev–Trinajstić information content (AvgIpc) is 3.35. The topological polar surface area (TPSA) is 77.3 Å². The molecule has 0 saturated carbocycles. The lowest BCUT2D eigenvalue weighted by Gasteiger charge is -2.12. The molecule has 1 aromatic carbocycles. The van der Waals surface area contributed by atoms with Crippen LogP contribution in [0.4, 0.5) is 0 Å². The number of amides is 1. The molecule has 148 valence electrons. The van der Waals surface area contributed by atoms with Crippen molar-refractivity contribution in [3.63, 3.8) is 0 Å². The molecule has 3 heterocycles. The molecule has 6 heteroatoms. The molecule has 29 heavy (non-hydrogen) atoms. The number of hydrogen-bond acceptors (Lipinski definition) is 5. The standard InChI is InChI=1S/C23H23N3O3/c1-14-5-4-10-24-21(14)15-8-9-20-16(11-15)12-17(28-20)13-25-23(27)22-18-6-2-3-7-19(18)26-29-22/h4-5,8-11,17H,2-3,6-7,12-13H2,1H3,(H,25,27)/t17-/m1/s1. The summed E-state index contributed by atoms with van der Waals surface area (Å²) in [6, 6.07) is 10.2. The molecule has 0 spiro atoms. The SMILES string of the molecule is Cc1cccnc1-c1ccc2c(c1)C[C@H](CNC(=O)c1onc3c1CCCC3)O2. The van der Waals surface area contributed by atoms with E-state index < -0.39 is 0 Å². The highest BCUT2D eigenvalue weighted by molar-refractivity contribution is 5.93. The Morgan fingerprint density at radius 1 is 1.24 bits per heavy atom. The number of aromatic nitrogens is 2. The first-order valence-electron chi connectivity index (χ1n) is 10.2. The van der Waals surface area contributed by atoms with E-state index in [1.807, 2.05) is 24.4 Å². The van der Waals surface area contributed by atoms with E-state index in [-0.39, 0.29) is 12.0 Å². The van der Waals surface area contributed by atoms with Gasteiger partial charge in [0.2, 0.25) is 5.76 Å². The number of pyridine rings is 1. The summed E-state index contributed by atoms with van der Waals surface area (Å²) in [5.41, 5.74) is 6.27. The highest BCUT2D eigenvalue weighted by Gasteiger charge is 2.27. The predicted molar refractivity (Wildman–Crippen MR) is 108 cm³/mol. The maximum absolute atomic E-state index is 12.6. The smallest absolute Gasteiger partial charge is 0.290 e. The molecule has 1 amide bonds. The van der Waals surface area contributed by atoms with Crippen molar-refractivity contribution in [3.8, 4) is 17.0 Å². The van der Waals surface area contributed by atoms with E-state index in [1.165, 1.54) is 0 Å². The Morgan fingerprint density at radius 2 is 2.14 bits per heavy atom. The molecule has 1 N–H and O–H groups in total. The lowest BCUT2D eigenvalue weighted by molar-refractivity contribution is 0.0895. The fraction of sp³-hybridized carbons (Fsp3) is 0.348. The van der Waals surface area contributed by atoms with Crippen LogP contribution in [0.25, 0.3) is 11.3 Å². The molecule has 2 aliphatic rings. The van der Waals surface area contributed by atoms with E-state index in [1.54, 1.807) is 0 Å². The van der Waals surface area contributed by atoms with Crippen molar-refractivity contribution in [2.24, 2.45) is 0 Å². The number of nitrogens with zero attached hydrogens (tertiary/aromatic N) is 2. The summed E-state index contributed by atoms with van der Waals surface area (Å²) >= 11 is 0. The van der Waals surface area contributed by atoms with Crippen LogP contribution in [0.15, 0.2) is 41.1 Å². The third kappa shape index (κ3) is 3.39. The number of hydrogen-bond donors (Lipinski definition) is 1. The van der Waals surface area contributed by atoms with Gasteiger partial charge in [-0.2, -0.15) is 0 Å². The predicted octanol–water partition coefficient (Wildman–Crippen LogP) is 3.66. The maximum atomic E-state index is 12.6. The van der Waals surface area contributed by atoms with Crippen molar-refractivity contribution < 1.29 is 14.1 Å². The van der Waals surface area contributed by atoms with E-state index in [4.69, 9.17) is 9.26 Å².